The van der Waals surface area contributed by atoms with Gasteiger partial charge in [0.2, 0.25) is 0 Å². The van der Waals surface area contributed by atoms with Crippen LogP contribution in [0.15, 0.2) is 16.5 Å². The summed E-state index contributed by atoms with van der Waals surface area (Å²) in [6.45, 7) is 8.19. The van der Waals surface area contributed by atoms with E-state index in [0.717, 1.165) is 27.7 Å². The molecule has 0 saturated carbocycles. The molecule has 19 heavy (non-hydrogen) atoms. The maximum atomic E-state index is 12.2. The van der Waals surface area contributed by atoms with Crippen molar-refractivity contribution in [2.24, 2.45) is 5.73 Å². The summed E-state index contributed by atoms with van der Waals surface area (Å²) < 4.78 is 5.76. The molecular weight excluding hydrogens is 240 g/mol. The molecule has 102 valence electrons. The number of carbonyl (C=O) groups is 1. The first-order valence-electron chi connectivity index (χ1n) is 6.46. The molecule has 0 bridgehead atoms. The summed E-state index contributed by atoms with van der Waals surface area (Å²) in [6.07, 6.45) is 0. The molecule has 0 aliphatic heterocycles. The Morgan fingerprint density at radius 1 is 1.32 bits per heavy atom. The Bertz CT molecular complexity index is 629. The summed E-state index contributed by atoms with van der Waals surface area (Å²) in [5, 5.41) is 3.86. The van der Waals surface area contributed by atoms with Crippen molar-refractivity contribution < 1.29 is 9.21 Å². The van der Waals surface area contributed by atoms with Crippen LogP contribution in [0.3, 0.4) is 0 Å². The molecule has 4 heteroatoms. The van der Waals surface area contributed by atoms with Crippen LogP contribution < -0.4 is 11.1 Å². The van der Waals surface area contributed by atoms with Gasteiger partial charge in [-0.15, -0.1) is 0 Å². The second kappa shape index (κ2) is 5.05. The Morgan fingerprint density at radius 2 is 1.95 bits per heavy atom. The van der Waals surface area contributed by atoms with Gasteiger partial charge in [-0.1, -0.05) is 12.1 Å². The first-order valence-corrected chi connectivity index (χ1v) is 6.46. The molecule has 0 aliphatic carbocycles. The Morgan fingerprint density at radius 3 is 2.53 bits per heavy atom. The number of hydrogen-bond acceptors (Lipinski definition) is 3. The average molecular weight is 260 g/mol. The number of amides is 1. The monoisotopic (exact) mass is 260 g/mol. The number of nitrogens with one attached hydrogen (secondary N) is 1. The number of hydrogen-bond donors (Lipinski definition) is 2. The lowest BCUT2D eigenvalue weighted by atomic mass is 10.0. The molecule has 4 nitrogen and oxygen atoms in total. The average Bonchev–Trinajstić information content (AvgIpc) is 2.73. The summed E-state index contributed by atoms with van der Waals surface area (Å²) in [6, 6.07) is 3.98. The van der Waals surface area contributed by atoms with Gasteiger partial charge in [0.25, 0.3) is 5.91 Å². The van der Waals surface area contributed by atoms with Crippen molar-refractivity contribution in [1.29, 1.82) is 0 Å². The van der Waals surface area contributed by atoms with Gasteiger partial charge in [-0.05, 0) is 38.8 Å². The summed E-state index contributed by atoms with van der Waals surface area (Å²) in [7, 11) is 0. The molecule has 0 unspecified atom stereocenters. The van der Waals surface area contributed by atoms with Crippen LogP contribution in [0.5, 0.6) is 0 Å². The summed E-state index contributed by atoms with van der Waals surface area (Å²) in [4.78, 5) is 12.2. The van der Waals surface area contributed by atoms with Crippen LogP contribution in [0.4, 0.5) is 0 Å². The van der Waals surface area contributed by atoms with Gasteiger partial charge in [0.1, 0.15) is 5.58 Å². The zero-order valence-corrected chi connectivity index (χ0v) is 11.8. The van der Waals surface area contributed by atoms with Crippen molar-refractivity contribution >= 4 is 16.9 Å². The number of carbonyl (C=O) groups excluding carboxylic acids is 1. The first-order chi connectivity index (χ1) is 8.95. The smallest absolute Gasteiger partial charge is 0.287 e. The highest BCUT2D eigenvalue weighted by Crippen LogP contribution is 2.30. The molecule has 0 fully saturated rings. The third kappa shape index (κ3) is 2.36. The molecule has 1 amide bonds. The van der Waals surface area contributed by atoms with E-state index in [9.17, 15) is 4.79 Å². The third-order valence-electron chi connectivity index (χ3n) is 3.42. The number of aryl methyl sites for hydroxylation is 3. The van der Waals surface area contributed by atoms with Crippen LogP contribution in [0.25, 0.3) is 11.0 Å². The molecule has 1 heterocycles. The molecule has 2 aromatic rings. The van der Waals surface area contributed by atoms with Crippen LogP contribution in [-0.2, 0) is 0 Å². The van der Waals surface area contributed by atoms with E-state index in [1.165, 1.54) is 0 Å². The highest BCUT2D eigenvalue weighted by molar-refractivity contribution is 6.00. The maximum absolute atomic E-state index is 12.2. The first kappa shape index (κ1) is 13.6. The Hall–Kier alpha value is -1.81. The number of nitrogens with two attached hydrogens (primary N) is 1. The molecule has 3 N–H and O–H groups in total. The number of furan rings is 1. The van der Waals surface area contributed by atoms with Crippen LogP contribution in [0.2, 0.25) is 0 Å². The molecule has 0 radical (unpaired) electrons. The highest BCUT2D eigenvalue weighted by atomic mass is 16.3. The fraction of sp³-hybridized carbons (Fsp3) is 0.400. The van der Waals surface area contributed by atoms with Crippen molar-refractivity contribution in [3.8, 4) is 0 Å². The Labute approximate surface area is 113 Å². The summed E-state index contributed by atoms with van der Waals surface area (Å²) in [5.74, 6) is 0.179. The van der Waals surface area contributed by atoms with Gasteiger partial charge in [0.15, 0.2) is 5.76 Å². The van der Waals surface area contributed by atoms with Gasteiger partial charge in [0.05, 0.1) is 0 Å². The fourth-order valence-electron chi connectivity index (χ4n) is 2.24. The van der Waals surface area contributed by atoms with E-state index in [2.05, 4.69) is 5.32 Å². The Kier molecular flexibility index (Phi) is 3.62. The van der Waals surface area contributed by atoms with Crippen molar-refractivity contribution in [2.45, 2.75) is 33.7 Å². The topological polar surface area (TPSA) is 68.3 Å². The summed E-state index contributed by atoms with van der Waals surface area (Å²) >= 11 is 0. The third-order valence-corrected chi connectivity index (χ3v) is 3.42. The largest absolute Gasteiger partial charge is 0.450 e. The lowest BCUT2D eigenvalue weighted by Crippen LogP contribution is -2.37. The van der Waals surface area contributed by atoms with Crippen molar-refractivity contribution in [1.82, 2.24) is 5.32 Å². The number of benzene rings is 1. The number of fused-ring (bicyclic) bond motifs is 1. The molecule has 1 aromatic carbocycles. The van der Waals surface area contributed by atoms with E-state index in [1.54, 1.807) is 0 Å². The van der Waals surface area contributed by atoms with Crippen LogP contribution in [0.1, 0.15) is 34.2 Å². The molecule has 2 rings (SSSR count). The van der Waals surface area contributed by atoms with E-state index >= 15 is 0 Å². The van der Waals surface area contributed by atoms with Gasteiger partial charge in [-0.3, -0.25) is 4.79 Å². The molecule has 1 aromatic heterocycles. The van der Waals surface area contributed by atoms with Gasteiger partial charge >= 0.3 is 0 Å². The standard InChI is InChI=1S/C15H20N2O2/c1-8-5-6-9(2)13-12(8)11(4)14(19-13)15(18)17-10(3)7-16/h5-6,10H,7,16H2,1-4H3,(H,17,18)/t10-/m0/s1. The minimum absolute atomic E-state index is 0.0673. The highest BCUT2D eigenvalue weighted by Gasteiger charge is 2.20. The van der Waals surface area contributed by atoms with Crippen LogP contribution >= 0.6 is 0 Å². The predicted molar refractivity (Wildman–Crippen MR) is 76.4 cm³/mol. The van der Waals surface area contributed by atoms with Gasteiger partial charge < -0.3 is 15.5 Å². The van der Waals surface area contributed by atoms with Crippen molar-refractivity contribution in [2.75, 3.05) is 6.54 Å². The van der Waals surface area contributed by atoms with E-state index < -0.39 is 0 Å². The van der Waals surface area contributed by atoms with E-state index in [-0.39, 0.29) is 11.9 Å². The number of rotatable bonds is 3. The van der Waals surface area contributed by atoms with E-state index in [0.29, 0.717) is 12.3 Å². The lowest BCUT2D eigenvalue weighted by molar-refractivity contribution is 0.0914. The SMILES string of the molecule is Cc1ccc(C)c2c(C)c(C(=O)N[C@@H](C)CN)oc12. The maximum Gasteiger partial charge on any atom is 0.287 e. The second-order valence-electron chi connectivity index (χ2n) is 5.07. The summed E-state index contributed by atoms with van der Waals surface area (Å²) in [5.41, 5.74) is 9.35. The minimum Gasteiger partial charge on any atom is -0.450 e. The molecule has 0 spiro atoms. The molecule has 0 saturated heterocycles. The van der Waals surface area contributed by atoms with Gasteiger partial charge in [-0.25, -0.2) is 0 Å². The zero-order valence-electron chi connectivity index (χ0n) is 11.8. The second-order valence-corrected chi connectivity index (χ2v) is 5.07. The van der Waals surface area contributed by atoms with Gasteiger partial charge in [0, 0.05) is 23.5 Å². The van der Waals surface area contributed by atoms with E-state index in [1.807, 2.05) is 39.8 Å². The molecular formula is C15H20N2O2. The molecule has 1 atom stereocenters. The Balaban J connectivity index is 2.51. The predicted octanol–water partition coefficient (Wildman–Crippen LogP) is 2.44. The molecule has 0 aliphatic rings. The lowest BCUT2D eigenvalue weighted by Gasteiger charge is -2.09. The van der Waals surface area contributed by atoms with Crippen molar-refractivity contribution in [3.05, 3.63) is 34.6 Å². The van der Waals surface area contributed by atoms with E-state index in [4.69, 9.17) is 10.2 Å². The zero-order chi connectivity index (χ0) is 14.2. The quantitative estimate of drug-likeness (QED) is 0.890. The van der Waals surface area contributed by atoms with Crippen LogP contribution in [0, 0.1) is 20.8 Å². The minimum atomic E-state index is -0.203. The van der Waals surface area contributed by atoms with Gasteiger partial charge in [-0.2, -0.15) is 0 Å². The fourth-order valence-corrected chi connectivity index (χ4v) is 2.24. The normalized spacial score (nSPS) is 12.7. The van der Waals surface area contributed by atoms with Crippen molar-refractivity contribution in [3.63, 3.8) is 0 Å². The van der Waals surface area contributed by atoms with Crippen LogP contribution in [-0.4, -0.2) is 18.5 Å².